The van der Waals surface area contributed by atoms with E-state index in [0.29, 0.717) is 11.7 Å². The highest BCUT2D eigenvalue weighted by atomic mass is 35.7. The van der Waals surface area contributed by atoms with Crippen molar-refractivity contribution >= 4 is 19.7 Å². The van der Waals surface area contributed by atoms with E-state index in [2.05, 4.69) is 6.92 Å². The van der Waals surface area contributed by atoms with Crippen LogP contribution in [-0.2, 0) is 9.05 Å². The highest BCUT2D eigenvalue weighted by Crippen LogP contribution is 2.28. The van der Waals surface area contributed by atoms with Gasteiger partial charge in [-0.15, -0.1) is 0 Å². The van der Waals surface area contributed by atoms with Gasteiger partial charge in [0, 0.05) is 10.7 Å². The van der Waals surface area contributed by atoms with Crippen LogP contribution in [-0.4, -0.2) is 14.5 Å². The van der Waals surface area contributed by atoms with Crippen molar-refractivity contribution in [3.8, 4) is 5.75 Å². The average Bonchev–Trinajstić information content (AvgIpc) is 2.28. The summed E-state index contributed by atoms with van der Waals surface area (Å²) in [6.07, 6.45) is 4.84. The molecule has 0 saturated heterocycles. The first-order valence-corrected chi connectivity index (χ1v) is 8.47. The van der Waals surface area contributed by atoms with Crippen molar-refractivity contribution in [1.29, 1.82) is 0 Å². The zero-order chi connectivity index (χ0) is 13.2. The molecule has 0 N–H and O–H groups in total. The van der Waals surface area contributed by atoms with Crippen molar-refractivity contribution in [2.24, 2.45) is 5.92 Å². The van der Waals surface area contributed by atoms with E-state index < -0.39 is 9.05 Å². The lowest BCUT2D eigenvalue weighted by Crippen LogP contribution is -2.24. The Balaban J connectivity index is 2.02. The van der Waals surface area contributed by atoms with Gasteiger partial charge in [-0.25, -0.2) is 8.42 Å². The monoisotopic (exact) mass is 288 g/mol. The van der Waals surface area contributed by atoms with Crippen molar-refractivity contribution < 1.29 is 13.2 Å². The van der Waals surface area contributed by atoms with Crippen LogP contribution < -0.4 is 4.74 Å². The minimum absolute atomic E-state index is 0.105. The Labute approximate surface area is 113 Å². The lowest BCUT2D eigenvalue weighted by Gasteiger charge is -2.27. The SMILES string of the molecule is CC1CCCC(Oc2ccc(S(=O)(=O)Cl)cc2)C1. The lowest BCUT2D eigenvalue weighted by molar-refractivity contribution is 0.129. The molecule has 1 fully saturated rings. The molecule has 1 aromatic rings. The normalized spacial score (nSPS) is 24.8. The molecule has 1 aliphatic carbocycles. The van der Waals surface area contributed by atoms with Gasteiger partial charge in [0.2, 0.25) is 0 Å². The summed E-state index contributed by atoms with van der Waals surface area (Å²) in [5.41, 5.74) is 0. The molecule has 0 spiro atoms. The average molecular weight is 289 g/mol. The number of benzene rings is 1. The second-order valence-electron chi connectivity index (χ2n) is 4.92. The molecule has 0 aliphatic heterocycles. The first-order chi connectivity index (χ1) is 8.45. The third-order valence-corrected chi connectivity index (χ3v) is 4.67. The molecule has 1 aliphatic rings. The molecule has 100 valence electrons. The number of hydrogen-bond acceptors (Lipinski definition) is 3. The van der Waals surface area contributed by atoms with E-state index in [4.69, 9.17) is 15.4 Å². The topological polar surface area (TPSA) is 43.4 Å². The first kappa shape index (κ1) is 13.7. The van der Waals surface area contributed by atoms with Gasteiger partial charge >= 0.3 is 0 Å². The van der Waals surface area contributed by atoms with Gasteiger partial charge in [-0.05, 0) is 49.4 Å². The van der Waals surface area contributed by atoms with E-state index in [0.717, 1.165) is 12.8 Å². The Kier molecular flexibility index (Phi) is 4.17. The van der Waals surface area contributed by atoms with Gasteiger partial charge in [-0.2, -0.15) is 0 Å². The summed E-state index contributed by atoms with van der Waals surface area (Å²) in [7, 11) is 1.61. The Hall–Kier alpha value is -0.740. The van der Waals surface area contributed by atoms with Crippen LogP contribution in [0.1, 0.15) is 32.6 Å². The maximum absolute atomic E-state index is 11.1. The number of ether oxygens (including phenoxy) is 1. The summed E-state index contributed by atoms with van der Waals surface area (Å²) in [4.78, 5) is 0.105. The van der Waals surface area contributed by atoms with Gasteiger partial charge < -0.3 is 4.74 Å². The predicted molar refractivity (Wildman–Crippen MR) is 71.5 cm³/mol. The van der Waals surface area contributed by atoms with Crippen molar-refractivity contribution in [2.45, 2.75) is 43.6 Å². The van der Waals surface area contributed by atoms with E-state index in [1.165, 1.54) is 25.0 Å². The molecule has 1 saturated carbocycles. The molecule has 1 aromatic carbocycles. The molecule has 0 heterocycles. The molecular weight excluding hydrogens is 272 g/mol. The van der Waals surface area contributed by atoms with E-state index in [-0.39, 0.29) is 11.0 Å². The zero-order valence-corrected chi connectivity index (χ0v) is 11.9. The summed E-state index contributed by atoms with van der Waals surface area (Å²) in [5, 5.41) is 0. The van der Waals surface area contributed by atoms with Gasteiger partial charge in [0.1, 0.15) is 5.75 Å². The van der Waals surface area contributed by atoms with Crippen LogP contribution in [0.15, 0.2) is 29.2 Å². The van der Waals surface area contributed by atoms with Gasteiger partial charge in [0.15, 0.2) is 0 Å². The molecule has 0 radical (unpaired) electrons. The summed E-state index contributed by atoms with van der Waals surface area (Å²) in [6, 6.07) is 6.27. The fraction of sp³-hybridized carbons (Fsp3) is 0.538. The maximum atomic E-state index is 11.1. The van der Waals surface area contributed by atoms with Crippen molar-refractivity contribution in [2.75, 3.05) is 0 Å². The molecule has 3 nitrogen and oxygen atoms in total. The van der Waals surface area contributed by atoms with Crippen LogP contribution in [0.25, 0.3) is 0 Å². The summed E-state index contributed by atoms with van der Waals surface area (Å²) >= 11 is 0. The minimum Gasteiger partial charge on any atom is -0.490 e. The maximum Gasteiger partial charge on any atom is 0.261 e. The number of halogens is 1. The standard InChI is InChI=1S/C13H17ClO3S/c1-10-3-2-4-12(9-10)17-11-5-7-13(8-6-11)18(14,15)16/h5-8,10,12H,2-4,9H2,1H3. The van der Waals surface area contributed by atoms with Gasteiger partial charge in [-0.3, -0.25) is 0 Å². The van der Waals surface area contributed by atoms with Crippen LogP contribution >= 0.6 is 10.7 Å². The van der Waals surface area contributed by atoms with Gasteiger partial charge in [0.05, 0.1) is 11.0 Å². The molecule has 5 heteroatoms. The van der Waals surface area contributed by atoms with Crippen molar-refractivity contribution in [1.82, 2.24) is 0 Å². The van der Waals surface area contributed by atoms with Crippen LogP contribution in [0.5, 0.6) is 5.75 Å². The van der Waals surface area contributed by atoms with E-state index in [9.17, 15) is 8.42 Å². The Morgan fingerprint density at radius 2 is 1.89 bits per heavy atom. The Morgan fingerprint density at radius 1 is 1.22 bits per heavy atom. The summed E-state index contributed by atoms with van der Waals surface area (Å²) in [6.45, 7) is 2.23. The van der Waals surface area contributed by atoms with E-state index in [1.807, 2.05) is 0 Å². The molecule has 0 aromatic heterocycles. The van der Waals surface area contributed by atoms with Gasteiger partial charge in [-0.1, -0.05) is 13.3 Å². The highest BCUT2D eigenvalue weighted by Gasteiger charge is 2.20. The van der Waals surface area contributed by atoms with Crippen molar-refractivity contribution in [3.05, 3.63) is 24.3 Å². The number of hydrogen-bond donors (Lipinski definition) is 0. The second kappa shape index (κ2) is 5.49. The predicted octanol–water partition coefficient (Wildman–Crippen LogP) is 3.57. The fourth-order valence-corrected chi connectivity index (χ4v) is 3.13. The summed E-state index contributed by atoms with van der Waals surface area (Å²) < 4.78 is 28.1. The minimum atomic E-state index is -3.64. The second-order valence-corrected chi connectivity index (χ2v) is 7.49. The summed E-state index contributed by atoms with van der Waals surface area (Å²) in [5.74, 6) is 1.41. The lowest BCUT2D eigenvalue weighted by atomic mass is 9.89. The van der Waals surface area contributed by atoms with E-state index >= 15 is 0 Å². The smallest absolute Gasteiger partial charge is 0.261 e. The molecule has 2 unspecified atom stereocenters. The quantitative estimate of drug-likeness (QED) is 0.799. The third kappa shape index (κ3) is 3.62. The first-order valence-electron chi connectivity index (χ1n) is 6.16. The van der Waals surface area contributed by atoms with E-state index in [1.54, 1.807) is 12.1 Å². The third-order valence-electron chi connectivity index (χ3n) is 3.30. The Bertz CT molecular complexity index is 495. The zero-order valence-electron chi connectivity index (χ0n) is 10.3. The number of rotatable bonds is 3. The van der Waals surface area contributed by atoms with Crippen LogP contribution in [0.3, 0.4) is 0 Å². The molecule has 2 atom stereocenters. The molecular formula is C13H17ClO3S. The molecule has 0 amide bonds. The van der Waals surface area contributed by atoms with Crippen LogP contribution in [0.2, 0.25) is 0 Å². The Morgan fingerprint density at radius 3 is 2.44 bits per heavy atom. The molecule has 0 bridgehead atoms. The highest BCUT2D eigenvalue weighted by molar-refractivity contribution is 8.13. The fourth-order valence-electron chi connectivity index (χ4n) is 2.36. The molecule has 18 heavy (non-hydrogen) atoms. The van der Waals surface area contributed by atoms with Crippen molar-refractivity contribution in [3.63, 3.8) is 0 Å². The largest absolute Gasteiger partial charge is 0.490 e. The van der Waals surface area contributed by atoms with Crippen LogP contribution in [0.4, 0.5) is 0 Å². The van der Waals surface area contributed by atoms with Crippen LogP contribution in [0, 0.1) is 5.92 Å². The molecule has 2 rings (SSSR count). The van der Waals surface area contributed by atoms with Gasteiger partial charge in [0.25, 0.3) is 9.05 Å².